The molecule has 0 amide bonds. The zero-order valence-corrected chi connectivity index (χ0v) is 22.2. The van der Waals surface area contributed by atoms with Crippen molar-refractivity contribution in [2.75, 3.05) is 6.61 Å². The standard InChI is InChI=1S/C28H42O10/c1-14-21(30)22(31)23(32)24(37-14)38-16-3-9-28(35)19-4-7-25(2)17(15-11-20(29)36-13-15)6-10-27(25,34)18(19)5-8-26(28,33)12-16/h11,14,16-19,21-24,30-35H,3-10,12-13H2,1-2H3/t14-,16+,17-,18-,19+,21+,22-,23-,24+,25-,26+,27+,28+/m1/s1. The van der Waals surface area contributed by atoms with Gasteiger partial charge in [0.05, 0.1) is 29.0 Å². The first kappa shape index (κ1) is 27.1. The van der Waals surface area contributed by atoms with Gasteiger partial charge in [-0.15, -0.1) is 0 Å². The molecule has 0 bridgehead atoms. The number of esters is 1. The molecule has 6 N–H and O–H groups in total. The van der Waals surface area contributed by atoms with Crippen molar-refractivity contribution >= 4 is 5.97 Å². The van der Waals surface area contributed by atoms with E-state index in [0.29, 0.717) is 38.5 Å². The summed E-state index contributed by atoms with van der Waals surface area (Å²) in [7, 11) is 0. The second-order valence-corrected chi connectivity index (χ2v) is 13.2. The van der Waals surface area contributed by atoms with Crippen LogP contribution in [0.2, 0.25) is 0 Å². The molecule has 4 saturated carbocycles. The van der Waals surface area contributed by atoms with Crippen LogP contribution in [-0.4, -0.2) is 96.8 Å². The fourth-order valence-corrected chi connectivity index (χ4v) is 9.40. The van der Waals surface area contributed by atoms with Crippen LogP contribution in [0.25, 0.3) is 0 Å². The van der Waals surface area contributed by atoms with Gasteiger partial charge in [0.1, 0.15) is 24.9 Å². The van der Waals surface area contributed by atoms with Crippen LogP contribution in [0.15, 0.2) is 11.6 Å². The zero-order chi connectivity index (χ0) is 27.3. The van der Waals surface area contributed by atoms with Crippen LogP contribution in [0.3, 0.4) is 0 Å². The average molecular weight is 539 g/mol. The van der Waals surface area contributed by atoms with E-state index in [1.807, 2.05) is 0 Å². The minimum atomic E-state index is -1.43. The number of hydrogen-bond donors (Lipinski definition) is 6. The number of carbonyl (C=O) groups is 1. The highest BCUT2D eigenvalue weighted by atomic mass is 16.7. The van der Waals surface area contributed by atoms with Crippen molar-refractivity contribution < 1.29 is 49.6 Å². The second kappa shape index (κ2) is 8.94. The summed E-state index contributed by atoms with van der Waals surface area (Å²) in [5.41, 5.74) is -3.29. The first-order valence-corrected chi connectivity index (χ1v) is 14.2. The van der Waals surface area contributed by atoms with Crippen LogP contribution in [0, 0.1) is 23.2 Å². The third kappa shape index (κ3) is 3.64. The first-order chi connectivity index (χ1) is 17.8. The Hall–Kier alpha value is -1.11. The molecule has 10 heteroatoms. The van der Waals surface area contributed by atoms with Gasteiger partial charge in [-0.05, 0) is 81.6 Å². The van der Waals surface area contributed by atoms with Gasteiger partial charge in [-0.25, -0.2) is 4.79 Å². The fraction of sp³-hybridized carbons (Fsp3) is 0.893. The highest BCUT2D eigenvalue weighted by molar-refractivity contribution is 5.85. The predicted octanol–water partition coefficient (Wildman–Crippen LogP) is 0.296. The lowest BCUT2D eigenvalue weighted by Gasteiger charge is -2.65. The molecule has 38 heavy (non-hydrogen) atoms. The van der Waals surface area contributed by atoms with Crippen LogP contribution < -0.4 is 0 Å². The third-order valence-corrected chi connectivity index (χ3v) is 11.6. The number of carbonyl (C=O) groups excluding carboxylic acids is 1. The summed E-state index contributed by atoms with van der Waals surface area (Å²) in [5.74, 6) is -0.718. The van der Waals surface area contributed by atoms with Gasteiger partial charge in [-0.3, -0.25) is 0 Å². The maximum atomic E-state index is 12.3. The summed E-state index contributed by atoms with van der Waals surface area (Å²) in [5, 5.41) is 66.8. The van der Waals surface area contributed by atoms with E-state index in [1.165, 1.54) is 0 Å². The van der Waals surface area contributed by atoms with Crippen molar-refractivity contribution in [1.82, 2.24) is 0 Å². The Labute approximate surface area is 222 Å². The third-order valence-electron chi connectivity index (χ3n) is 11.6. The lowest BCUT2D eigenvalue weighted by molar-refractivity contribution is -0.327. The molecule has 2 aliphatic heterocycles. The number of aliphatic hydroxyl groups is 6. The summed E-state index contributed by atoms with van der Waals surface area (Å²) in [6.07, 6.45) is -0.436. The van der Waals surface area contributed by atoms with Crippen LogP contribution >= 0.6 is 0 Å². The van der Waals surface area contributed by atoms with Crippen molar-refractivity contribution in [1.29, 1.82) is 0 Å². The number of hydrogen-bond acceptors (Lipinski definition) is 10. The largest absolute Gasteiger partial charge is 0.458 e. The first-order valence-electron chi connectivity index (χ1n) is 14.2. The molecule has 6 rings (SSSR count). The van der Waals surface area contributed by atoms with Gasteiger partial charge in [-0.2, -0.15) is 0 Å². The number of ether oxygens (including phenoxy) is 3. The number of aliphatic hydroxyl groups excluding tert-OH is 3. The molecule has 13 atom stereocenters. The quantitative estimate of drug-likeness (QED) is 0.217. The molecule has 1 saturated heterocycles. The van der Waals surface area contributed by atoms with E-state index in [4.69, 9.17) is 14.2 Å². The van der Waals surface area contributed by atoms with E-state index in [9.17, 15) is 35.4 Å². The Morgan fingerprint density at radius 2 is 1.58 bits per heavy atom. The average Bonchev–Trinajstić information content (AvgIpc) is 3.41. The smallest absolute Gasteiger partial charge is 0.331 e. The zero-order valence-electron chi connectivity index (χ0n) is 22.2. The van der Waals surface area contributed by atoms with Gasteiger partial charge in [-0.1, -0.05) is 6.92 Å². The van der Waals surface area contributed by atoms with E-state index >= 15 is 0 Å². The van der Waals surface area contributed by atoms with Crippen molar-refractivity contribution in [2.24, 2.45) is 23.2 Å². The molecule has 5 fully saturated rings. The molecule has 4 aliphatic carbocycles. The lowest BCUT2D eigenvalue weighted by Crippen LogP contribution is -2.72. The highest BCUT2D eigenvalue weighted by Crippen LogP contribution is 2.68. The van der Waals surface area contributed by atoms with Gasteiger partial charge in [0.15, 0.2) is 6.29 Å². The highest BCUT2D eigenvalue weighted by Gasteiger charge is 2.71. The predicted molar refractivity (Wildman–Crippen MR) is 131 cm³/mol. The molecule has 0 aromatic heterocycles. The fourth-order valence-electron chi connectivity index (χ4n) is 9.40. The molecular formula is C28H42O10. The number of rotatable bonds is 3. The number of cyclic esters (lactones) is 1. The maximum absolute atomic E-state index is 12.3. The molecular weight excluding hydrogens is 496 g/mol. The van der Waals surface area contributed by atoms with E-state index in [1.54, 1.807) is 13.0 Å². The number of fused-ring (bicyclic) bond motifs is 5. The molecule has 6 aliphatic rings. The molecule has 0 spiro atoms. The minimum Gasteiger partial charge on any atom is -0.458 e. The lowest BCUT2D eigenvalue weighted by atomic mass is 9.45. The molecule has 0 aromatic carbocycles. The van der Waals surface area contributed by atoms with Crippen LogP contribution in [0.5, 0.6) is 0 Å². The normalized spacial score (nSPS) is 56.5. The Balaban J connectivity index is 1.19. The van der Waals surface area contributed by atoms with Crippen molar-refractivity contribution in [3.8, 4) is 0 Å². The van der Waals surface area contributed by atoms with Gasteiger partial charge < -0.3 is 44.8 Å². The Bertz CT molecular complexity index is 1000. The topological polar surface area (TPSA) is 166 Å². The SMILES string of the molecule is C[C@H]1O[C@@H](O[C@H]2CC[C@]3(O)[C@H]4CC[C@]5(C)[C@@H](C6=CC(=O)OC6)CC[C@]5(O)[C@@H]4CC[C@]3(O)C2)[C@H](O)[C@H](O)[C@H]1O. The van der Waals surface area contributed by atoms with Gasteiger partial charge in [0, 0.05) is 17.9 Å². The Kier molecular flexibility index (Phi) is 6.37. The molecule has 0 unspecified atom stereocenters. The summed E-state index contributed by atoms with van der Waals surface area (Å²) in [4.78, 5) is 11.8. The van der Waals surface area contributed by atoms with Crippen molar-refractivity contribution in [3.63, 3.8) is 0 Å². The van der Waals surface area contributed by atoms with E-state index in [-0.39, 0.29) is 43.2 Å². The van der Waals surface area contributed by atoms with E-state index < -0.39 is 59.0 Å². The molecule has 0 radical (unpaired) electrons. The Morgan fingerprint density at radius 1 is 0.895 bits per heavy atom. The van der Waals surface area contributed by atoms with Gasteiger partial charge in [0.25, 0.3) is 0 Å². The Morgan fingerprint density at radius 3 is 2.29 bits per heavy atom. The summed E-state index contributed by atoms with van der Waals surface area (Å²) in [6, 6.07) is 0. The summed E-state index contributed by atoms with van der Waals surface area (Å²) in [6.45, 7) is 3.98. The van der Waals surface area contributed by atoms with Crippen molar-refractivity contribution in [3.05, 3.63) is 11.6 Å². The van der Waals surface area contributed by atoms with Crippen molar-refractivity contribution in [2.45, 2.75) is 125 Å². The van der Waals surface area contributed by atoms with Crippen LogP contribution in [-0.2, 0) is 19.0 Å². The molecule has 2 heterocycles. The second-order valence-electron chi connectivity index (χ2n) is 13.2. The minimum absolute atomic E-state index is 0.0534. The monoisotopic (exact) mass is 538 g/mol. The van der Waals surface area contributed by atoms with Gasteiger partial charge in [0.2, 0.25) is 0 Å². The van der Waals surface area contributed by atoms with E-state index in [2.05, 4.69) is 6.92 Å². The van der Waals surface area contributed by atoms with Gasteiger partial charge >= 0.3 is 5.97 Å². The molecule has 0 aromatic rings. The van der Waals surface area contributed by atoms with E-state index in [0.717, 1.165) is 12.0 Å². The molecule has 214 valence electrons. The maximum Gasteiger partial charge on any atom is 0.331 e. The summed E-state index contributed by atoms with van der Waals surface area (Å²) >= 11 is 0. The van der Waals surface area contributed by atoms with Crippen LogP contribution in [0.4, 0.5) is 0 Å². The van der Waals surface area contributed by atoms with Crippen LogP contribution in [0.1, 0.15) is 71.6 Å². The summed E-state index contributed by atoms with van der Waals surface area (Å²) < 4.78 is 16.8. The molecule has 10 nitrogen and oxygen atoms in total.